The van der Waals surface area contributed by atoms with Crippen molar-refractivity contribution in [3.63, 3.8) is 0 Å². The van der Waals surface area contributed by atoms with Crippen LogP contribution in [-0.2, 0) is 19.1 Å². The van der Waals surface area contributed by atoms with Crippen LogP contribution >= 0.6 is 0 Å². The minimum absolute atomic E-state index is 0.0405. The topological polar surface area (TPSA) is 79.6 Å². The lowest BCUT2D eigenvalue weighted by atomic mass is 10.0. The summed E-state index contributed by atoms with van der Waals surface area (Å²) in [5.41, 5.74) is -0.0587. The lowest BCUT2D eigenvalue weighted by molar-refractivity contribution is -0.145. The highest BCUT2D eigenvalue weighted by atomic mass is 16.5. The minimum atomic E-state index is -0.397. The molecule has 100 valence electrons. The molecule has 0 atom stereocenters. The van der Waals surface area contributed by atoms with Crippen molar-refractivity contribution in [2.45, 2.75) is 19.3 Å². The summed E-state index contributed by atoms with van der Waals surface area (Å²) < 4.78 is 9.19. The number of ether oxygens (including phenoxy) is 2. The van der Waals surface area contributed by atoms with E-state index in [1.165, 1.54) is 14.2 Å². The third-order valence-electron chi connectivity index (χ3n) is 3.13. The Kier molecular flexibility index (Phi) is 5.10. The fraction of sp³-hybridized carbons (Fsp3) is 0.750. The zero-order valence-corrected chi connectivity index (χ0v) is 10.8. The van der Waals surface area contributed by atoms with Gasteiger partial charge in [-0.05, 0) is 18.3 Å². The van der Waals surface area contributed by atoms with Crippen molar-refractivity contribution in [3.05, 3.63) is 0 Å². The summed E-state index contributed by atoms with van der Waals surface area (Å²) in [6.07, 6.45) is 2.37. The molecule has 1 saturated carbocycles. The van der Waals surface area contributed by atoms with Crippen molar-refractivity contribution in [2.24, 2.45) is 5.41 Å². The second-order valence-corrected chi connectivity index (χ2v) is 4.63. The predicted octanol–water partition coefficient (Wildman–Crippen LogP) is 0.328. The number of carbonyl (C=O) groups is 2. The molecule has 6 nitrogen and oxygen atoms in total. The lowest BCUT2D eigenvalue weighted by Crippen LogP contribution is -2.39. The Morgan fingerprint density at radius 3 is 2.06 bits per heavy atom. The van der Waals surface area contributed by atoms with Crippen molar-refractivity contribution in [1.29, 1.82) is 5.26 Å². The molecule has 0 N–H and O–H groups in total. The van der Waals surface area contributed by atoms with Crippen LogP contribution in [0.3, 0.4) is 0 Å². The Morgan fingerprint density at radius 1 is 1.22 bits per heavy atom. The predicted molar refractivity (Wildman–Crippen MR) is 62.4 cm³/mol. The average molecular weight is 254 g/mol. The number of rotatable bonds is 7. The summed E-state index contributed by atoms with van der Waals surface area (Å²) in [6, 6.07) is 2.15. The van der Waals surface area contributed by atoms with Gasteiger partial charge in [-0.25, -0.2) is 0 Å². The Bertz CT molecular complexity index is 340. The van der Waals surface area contributed by atoms with Gasteiger partial charge in [-0.2, -0.15) is 5.26 Å². The van der Waals surface area contributed by atoms with E-state index in [1.54, 1.807) is 4.90 Å². The van der Waals surface area contributed by atoms with E-state index in [-0.39, 0.29) is 18.5 Å². The molecule has 0 aromatic rings. The van der Waals surface area contributed by atoms with Crippen molar-refractivity contribution in [2.75, 3.05) is 33.9 Å². The van der Waals surface area contributed by atoms with Gasteiger partial charge in [-0.15, -0.1) is 0 Å². The molecule has 18 heavy (non-hydrogen) atoms. The van der Waals surface area contributed by atoms with E-state index in [2.05, 4.69) is 15.5 Å². The molecule has 0 radical (unpaired) electrons. The molecule has 0 spiro atoms. The highest BCUT2D eigenvalue weighted by Gasteiger charge is 2.44. The first-order chi connectivity index (χ1) is 8.55. The van der Waals surface area contributed by atoms with Gasteiger partial charge in [0.15, 0.2) is 0 Å². The SMILES string of the molecule is COC(=O)CN(CC(=O)OC)CC1(CC#N)CC1. The number of hydrogen-bond acceptors (Lipinski definition) is 6. The zero-order valence-electron chi connectivity index (χ0n) is 10.8. The van der Waals surface area contributed by atoms with E-state index < -0.39 is 11.9 Å². The summed E-state index contributed by atoms with van der Waals surface area (Å²) in [5.74, 6) is -0.793. The Labute approximate surface area is 106 Å². The number of nitrogens with zero attached hydrogens (tertiary/aromatic N) is 2. The molecule has 0 heterocycles. The fourth-order valence-corrected chi connectivity index (χ4v) is 1.87. The molecule has 1 aliphatic carbocycles. The van der Waals surface area contributed by atoms with Crippen LogP contribution in [0, 0.1) is 16.7 Å². The summed E-state index contributed by atoms with van der Waals surface area (Å²) >= 11 is 0. The fourth-order valence-electron chi connectivity index (χ4n) is 1.87. The molecule has 1 fully saturated rings. The highest BCUT2D eigenvalue weighted by Crippen LogP contribution is 2.49. The molecule has 0 aromatic carbocycles. The maximum atomic E-state index is 11.3. The third-order valence-corrected chi connectivity index (χ3v) is 3.13. The average Bonchev–Trinajstić information content (AvgIpc) is 3.08. The van der Waals surface area contributed by atoms with E-state index in [4.69, 9.17) is 5.26 Å². The normalized spacial score (nSPS) is 15.9. The van der Waals surface area contributed by atoms with Gasteiger partial charge in [-0.3, -0.25) is 14.5 Å². The van der Waals surface area contributed by atoms with Crippen LogP contribution in [0.1, 0.15) is 19.3 Å². The molecule has 6 heteroatoms. The zero-order chi connectivity index (χ0) is 13.6. The Balaban J connectivity index is 2.57. The van der Waals surface area contributed by atoms with Crippen LogP contribution in [-0.4, -0.2) is 50.7 Å². The van der Waals surface area contributed by atoms with Crippen LogP contribution in [0.15, 0.2) is 0 Å². The summed E-state index contributed by atoms with van der Waals surface area (Å²) in [5, 5.41) is 8.76. The molecular weight excluding hydrogens is 236 g/mol. The number of methoxy groups -OCH3 is 2. The second-order valence-electron chi connectivity index (χ2n) is 4.63. The first kappa shape index (κ1) is 14.5. The van der Waals surface area contributed by atoms with E-state index in [1.807, 2.05) is 0 Å². The summed E-state index contributed by atoms with van der Waals surface area (Å²) in [6.45, 7) is 0.627. The van der Waals surface area contributed by atoms with E-state index >= 15 is 0 Å². The quantitative estimate of drug-likeness (QED) is 0.609. The van der Waals surface area contributed by atoms with Crippen molar-refractivity contribution < 1.29 is 19.1 Å². The molecule has 0 aliphatic heterocycles. The van der Waals surface area contributed by atoms with Crippen molar-refractivity contribution in [3.8, 4) is 6.07 Å². The van der Waals surface area contributed by atoms with Crippen molar-refractivity contribution >= 4 is 11.9 Å². The largest absolute Gasteiger partial charge is 0.468 e. The number of esters is 2. The van der Waals surface area contributed by atoms with Gasteiger partial charge in [0.25, 0.3) is 0 Å². The number of hydrogen-bond donors (Lipinski definition) is 0. The second kappa shape index (κ2) is 6.36. The van der Waals surface area contributed by atoms with E-state index in [0.29, 0.717) is 13.0 Å². The molecular formula is C12H18N2O4. The van der Waals surface area contributed by atoms with Crippen LogP contribution in [0.2, 0.25) is 0 Å². The summed E-state index contributed by atoms with van der Waals surface area (Å²) in [7, 11) is 2.61. The monoisotopic (exact) mass is 254 g/mol. The summed E-state index contributed by atoms with van der Waals surface area (Å²) in [4.78, 5) is 24.2. The van der Waals surface area contributed by atoms with Gasteiger partial charge in [0.05, 0.1) is 33.4 Å². The smallest absolute Gasteiger partial charge is 0.319 e. The minimum Gasteiger partial charge on any atom is -0.468 e. The maximum absolute atomic E-state index is 11.3. The molecule has 0 saturated heterocycles. The highest BCUT2D eigenvalue weighted by molar-refractivity contribution is 5.74. The van der Waals surface area contributed by atoms with Crippen LogP contribution < -0.4 is 0 Å². The maximum Gasteiger partial charge on any atom is 0.319 e. The van der Waals surface area contributed by atoms with Gasteiger partial charge < -0.3 is 9.47 Å². The van der Waals surface area contributed by atoms with Gasteiger partial charge in [0.1, 0.15) is 0 Å². The lowest BCUT2D eigenvalue weighted by Gasteiger charge is -2.24. The molecule has 1 aliphatic rings. The van der Waals surface area contributed by atoms with E-state index in [0.717, 1.165) is 12.8 Å². The number of nitriles is 1. The van der Waals surface area contributed by atoms with Gasteiger partial charge in [-0.1, -0.05) is 0 Å². The molecule has 1 rings (SSSR count). The van der Waals surface area contributed by atoms with Crippen LogP contribution in [0.4, 0.5) is 0 Å². The first-order valence-corrected chi connectivity index (χ1v) is 5.78. The van der Waals surface area contributed by atoms with Crippen LogP contribution in [0.25, 0.3) is 0 Å². The van der Waals surface area contributed by atoms with Crippen LogP contribution in [0.5, 0.6) is 0 Å². The van der Waals surface area contributed by atoms with E-state index in [9.17, 15) is 9.59 Å². The first-order valence-electron chi connectivity index (χ1n) is 5.78. The van der Waals surface area contributed by atoms with Gasteiger partial charge in [0, 0.05) is 13.0 Å². The molecule has 0 amide bonds. The standard InChI is InChI=1S/C12H18N2O4/c1-17-10(15)7-14(8-11(16)18-2)9-12(3-4-12)5-6-13/h3-5,7-9H2,1-2H3. The molecule has 0 aromatic heterocycles. The van der Waals surface area contributed by atoms with Crippen molar-refractivity contribution in [1.82, 2.24) is 4.90 Å². The Morgan fingerprint density at radius 2 is 1.72 bits per heavy atom. The van der Waals surface area contributed by atoms with Gasteiger partial charge in [0.2, 0.25) is 0 Å². The Hall–Kier alpha value is -1.61. The van der Waals surface area contributed by atoms with Gasteiger partial charge >= 0.3 is 11.9 Å². The molecule has 0 unspecified atom stereocenters. The molecule has 0 bridgehead atoms. The third kappa shape index (κ3) is 4.34. The number of carbonyl (C=O) groups excluding carboxylic acids is 2.